The van der Waals surface area contributed by atoms with E-state index in [4.69, 9.17) is 4.74 Å². The van der Waals surface area contributed by atoms with Gasteiger partial charge in [-0.05, 0) is 24.3 Å². The average molecular weight is 422 g/mol. The van der Waals surface area contributed by atoms with Gasteiger partial charge in [0.1, 0.15) is 11.6 Å². The van der Waals surface area contributed by atoms with E-state index in [2.05, 4.69) is 41.5 Å². The molecule has 0 fully saturated rings. The molecule has 0 unspecified atom stereocenters. The van der Waals surface area contributed by atoms with Crippen molar-refractivity contribution in [2.45, 2.75) is 26.2 Å². The van der Waals surface area contributed by atoms with Crippen LogP contribution in [0.1, 0.15) is 26.5 Å². The summed E-state index contributed by atoms with van der Waals surface area (Å²) in [4.78, 5) is 16.9. The van der Waals surface area contributed by atoms with Crippen molar-refractivity contribution in [3.8, 4) is 10.9 Å². The Bertz CT molecular complexity index is 1170. The van der Waals surface area contributed by atoms with E-state index in [9.17, 15) is 4.79 Å². The van der Waals surface area contributed by atoms with Crippen molar-refractivity contribution in [3.05, 3.63) is 60.3 Å². The molecule has 7 nitrogen and oxygen atoms in total. The summed E-state index contributed by atoms with van der Waals surface area (Å²) in [6, 6.07) is 16.6. The quantitative estimate of drug-likeness (QED) is 0.439. The molecule has 0 radical (unpaired) electrons. The van der Waals surface area contributed by atoms with Gasteiger partial charge in [-0.2, -0.15) is 5.10 Å². The first-order valence-electron chi connectivity index (χ1n) is 9.54. The van der Waals surface area contributed by atoms with Crippen LogP contribution in [0, 0.1) is 0 Å². The first kappa shape index (κ1) is 19.9. The minimum absolute atomic E-state index is 0.0968. The van der Waals surface area contributed by atoms with Crippen LogP contribution in [0.2, 0.25) is 0 Å². The number of aromatic nitrogens is 3. The molecule has 2 heterocycles. The summed E-state index contributed by atoms with van der Waals surface area (Å²) < 4.78 is 8.61. The number of carbonyl (C=O) groups is 1. The van der Waals surface area contributed by atoms with Crippen LogP contribution in [-0.4, -0.2) is 20.8 Å². The molecule has 0 saturated heterocycles. The smallest absolute Gasteiger partial charge is 0.324 e. The van der Waals surface area contributed by atoms with Crippen LogP contribution < -0.4 is 15.4 Å². The number of fused-ring (bicyclic) bond motifs is 1. The van der Waals surface area contributed by atoms with Crippen molar-refractivity contribution in [1.29, 1.82) is 0 Å². The van der Waals surface area contributed by atoms with Crippen molar-refractivity contribution in [2.24, 2.45) is 7.05 Å². The number of rotatable bonds is 4. The fourth-order valence-corrected chi connectivity index (χ4v) is 3.70. The van der Waals surface area contributed by atoms with Crippen LogP contribution in [0.15, 0.2) is 54.6 Å². The number of hydrogen-bond donors (Lipinski definition) is 2. The Morgan fingerprint density at radius 1 is 1.07 bits per heavy atom. The van der Waals surface area contributed by atoms with Gasteiger partial charge in [-0.3, -0.25) is 10.00 Å². The lowest BCUT2D eigenvalue weighted by Crippen LogP contribution is -2.21. The molecule has 0 aliphatic heterocycles. The van der Waals surface area contributed by atoms with Crippen LogP contribution >= 0.6 is 11.3 Å². The molecule has 8 heteroatoms. The van der Waals surface area contributed by atoms with Gasteiger partial charge in [0.2, 0.25) is 0 Å². The summed E-state index contributed by atoms with van der Waals surface area (Å²) in [7, 11) is 1.80. The Morgan fingerprint density at radius 3 is 2.60 bits per heavy atom. The van der Waals surface area contributed by atoms with Crippen LogP contribution in [0.5, 0.6) is 10.9 Å². The number of para-hydroxylation sites is 1. The first-order chi connectivity index (χ1) is 14.3. The maximum atomic E-state index is 12.5. The van der Waals surface area contributed by atoms with Crippen LogP contribution in [0.3, 0.4) is 0 Å². The molecule has 4 rings (SSSR count). The Hall–Kier alpha value is -3.39. The molecule has 30 heavy (non-hydrogen) atoms. The van der Waals surface area contributed by atoms with Crippen LogP contribution in [0.25, 0.3) is 10.2 Å². The molecule has 2 amide bonds. The second kappa shape index (κ2) is 7.79. The largest absolute Gasteiger partial charge is 0.431 e. The normalized spacial score (nSPS) is 11.5. The van der Waals surface area contributed by atoms with E-state index >= 15 is 0 Å². The van der Waals surface area contributed by atoms with E-state index in [1.807, 2.05) is 42.5 Å². The summed E-state index contributed by atoms with van der Waals surface area (Å²) in [6.07, 6.45) is 0. The summed E-state index contributed by atoms with van der Waals surface area (Å²) in [5, 5.41) is 10.7. The minimum Gasteiger partial charge on any atom is -0.431 e. The monoisotopic (exact) mass is 421 g/mol. The lowest BCUT2D eigenvalue weighted by atomic mass is 9.92. The van der Waals surface area contributed by atoms with Crippen LogP contribution in [-0.2, 0) is 12.5 Å². The maximum absolute atomic E-state index is 12.5. The second-order valence-electron chi connectivity index (χ2n) is 7.94. The Balaban J connectivity index is 1.44. The van der Waals surface area contributed by atoms with Crippen molar-refractivity contribution < 1.29 is 9.53 Å². The van der Waals surface area contributed by atoms with Gasteiger partial charge in [-0.25, -0.2) is 9.78 Å². The fourth-order valence-electron chi connectivity index (χ4n) is 2.86. The summed E-state index contributed by atoms with van der Waals surface area (Å²) in [6.45, 7) is 6.24. The fraction of sp³-hybridized carbons (Fsp3) is 0.227. The number of benzene rings is 2. The van der Waals surface area contributed by atoms with Gasteiger partial charge in [0, 0.05) is 30.3 Å². The third kappa shape index (κ3) is 4.44. The van der Waals surface area contributed by atoms with E-state index in [0.717, 1.165) is 15.9 Å². The molecule has 2 aromatic carbocycles. The topological polar surface area (TPSA) is 81.1 Å². The second-order valence-corrected chi connectivity index (χ2v) is 8.94. The molecular weight excluding hydrogens is 398 g/mol. The number of nitrogens with zero attached hydrogens (tertiary/aromatic N) is 3. The Morgan fingerprint density at radius 2 is 1.87 bits per heavy atom. The average Bonchev–Trinajstić information content (AvgIpc) is 3.24. The summed E-state index contributed by atoms with van der Waals surface area (Å²) in [5.74, 6) is 1.22. The highest BCUT2D eigenvalue weighted by atomic mass is 32.1. The molecule has 0 bridgehead atoms. The molecule has 0 atom stereocenters. The van der Waals surface area contributed by atoms with Crippen molar-refractivity contribution in [1.82, 2.24) is 14.8 Å². The molecule has 154 valence electrons. The number of ether oxygens (including phenoxy) is 1. The van der Waals surface area contributed by atoms with Gasteiger partial charge in [0.05, 0.1) is 15.9 Å². The molecule has 0 spiro atoms. The van der Waals surface area contributed by atoms with Gasteiger partial charge in [-0.1, -0.05) is 50.3 Å². The van der Waals surface area contributed by atoms with Crippen molar-refractivity contribution >= 4 is 39.1 Å². The first-order valence-corrected chi connectivity index (χ1v) is 10.4. The van der Waals surface area contributed by atoms with Gasteiger partial charge < -0.3 is 10.1 Å². The predicted molar refractivity (Wildman–Crippen MR) is 121 cm³/mol. The molecule has 0 aliphatic rings. The SMILES string of the molecule is Cn1nc(C(C)(C)C)cc1NC(=O)Nc1cccc(Oc2nc3ccccc3s2)c1. The highest BCUT2D eigenvalue weighted by molar-refractivity contribution is 7.20. The third-order valence-corrected chi connectivity index (χ3v) is 5.38. The molecule has 2 N–H and O–H groups in total. The zero-order chi connectivity index (χ0) is 21.3. The molecule has 2 aromatic heterocycles. The van der Waals surface area contributed by atoms with E-state index in [1.54, 1.807) is 23.9 Å². The van der Waals surface area contributed by atoms with Crippen molar-refractivity contribution in [2.75, 3.05) is 10.6 Å². The van der Waals surface area contributed by atoms with Gasteiger partial charge in [0.15, 0.2) is 0 Å². The van der Waals surface area contributed by atoms with Gasteiger partial charge in [0.25, 0.3) is 5.19 Å². The summed E-state index contributed by atoms with van der Waals surface area (Å²) >= 11 is 1.48. The van der Waals surface area contributed by atoms with E-state index in [-0.39, 0.29) is 11.4 Å². The third-order valence-electron chi connectivity index (χ3n) is 4.46. The number of thiazole rings is 1. The minimum atomic E-state index is -0.351. The molecule has 4 aromatic rings. The Labute approximate surface area is 178 Å². The Kier molecular flexibility index (Phi) is 5.17. The zero-order valence-electron chi connectivity index (χ0n) is 17.3. The van der Waals surface area contributed by atoms with E-state index < -0.39 is 0 Å². The van der Waals surface area contributed by atoms with Gasteiger partial charge >= 0.3 is 6.03 Å². The number of urea groups is 1. The molecule has 0 aliphatic carbocycles. The van der Waals surface area contributed by atoms with E-state index in [0.29, 0.717) is 22.4 Å². The maximum Gasteiger partial charge on any atom is 0.324 e. The van der Waals surface area contributed by atoms with E-state index in [1.165, 1.54) is 11.3 Å². The summed E-state index contributed by atoms with van der Waals surface area (Å²) in [5.41, 5.74) is 2.33. The number of anilines is 2. The number of nitrogens with one attached hydrogen (secondary N) is 2. The van der Waals surface area contributed by atoms with Gasteiger partial charge in [-0.15, -0.1) is 0 Å². The molecule has 0 saturated carbocycles. The molecular formula is C22H23N5O2S. The number of carbonyl (C=O) groups excluding carboxylic acids is 1. The van der Waals surface area contributed by atoms with Crippen molar-refractivity contribution in [3.63, 3.8) is 0 Å². The highest BCUT2D eigenvalue weighted by Gasteiger charge is 2.19. The zero-order valence-corrected chi connectivity index (χ0v) is 18.1. The number of hydrogen-bond acceptors (Lipinski definition) is 5. The lowest BCUT2D eigenvalue weighted by Gasteiger charge is -2.13. The highest BCUT2D eigenvalue weighted by Crippen LogP contribution is 2.32. The standard InChI is InChI=1S/C22H23N5O2S/c1-22(2,3)18-13-19(27(4)26-18)25-20(28)23-14-8-7-9-15(12-14)29-21-24-16-10-5-6-11-17(16)30-21/h5-13H,1-4H3,(H2,23,25,28). The predicted octanol–water partition coefficient (Wildman–Crippen LogP) is 5.76. The van der Waals surface area contributed by atoms with Crippen LogP contribution in [0.4, 0.5) is 16.3 Å². The number of aryl methyl sites for hydroxylation is 1. The lowest BCUT2D eigenvalue weighted by molar-refractivity contribution is 0.262. The number of amides is 2.